The van der Waals surface area contributed by atoms with Crippen molar-refractivity contribution in [3.8, 4) is 5.75 Å². The molecule has 3 heteroatoms. The fourth-order valence-corrected chi connectivity index (χ4v) is 2.80. The zero-order chi connectivity index (χ0) is 13.7. The number of hydrogen-bond acceptors (Lipinski definition) is 2. The quantitative estimate of drug-likeness (QED) is 0.901. The topological polar surface area (TPSA) is 38.3 Å². The van der Waals surface area contributed by atoms with E-state index in [1.165, 1.54) is 19.3 Å². The lowest BCUT2D eigenvalue weighted by Gasteiger charge is -2.24. The van der Waals surface area contributed by atoms with Crippen molar-refractivity contribution in [1.82, 2.24) is 5.32 Å². The summed E-state index contributed by atoms with van der Waals surface area (Å²) >= 11 is 0. The second-order valence-electron chi connectivity index (χ2n) is 5.31. The average molecular weight is 261 g/mol. The Labute approximate surface area is 115 Å². The van der Waals surface area contributed by atoms with Crippen molar-refractivity contribution >= 4 is 5.91 Å². The van der Waals surface area contributed by atoms with E-state index in [9.17, 15) is 4.79 Å². The van der Waals surface area contributed by atoms with Crippen molar-refractivity contribution < 1.29 is 9.53 Å². The van der Waals surface area contributed by atoms with Gasteiger partial charge in [0.15, 0.2) is 0 Å². The van der Waals surface area contributed by atoms with E-state index in [4.69, 9.17) is 4.74 Å². The third-order valence-electron chi connectivity index (χ3n) is 3.94. The second kappa shape index (κ2) is 6.60. The van der Waals surface area contributed by atoms with Crippen molar-refractivity contribution in [3.63, 3.8) is 0 Å². The Hall–Kier alpha value is -1.51. The van der Waals surface area contributed by atoms with E-state index < -0.39 is 0 Å². The van der Waals surface area contributed by atoms with Gasteiger partial charge in [-0.1, -0.05) is 37.5 Å². The Balaban J connectivity index is 1.99. The molecule has 2 rings (SSSR count). The van der Waals surface area contributed by atoms with Crippen LogP contribution in [0.3, 0.4) is 0 Å². The fraction of sp³-hybridized carbons (Fsp3) is 0.562. The molecule has 1 atom stereocenters. The molecule has 1 aromatic rings. The van der Waals surface area contributed by atoms with Crippen LogP contribution in [-0.2, 0) is 4.79 Å². The van der Waals surface area contributed by atoms with Crippen LogP contribution in [0.5, 0.6) is 5.75 Å². The van der Waals surface area contributed by atoms with E-state index >= 15 is 0 Å². The molecular weight excluding hydrogens is 238 g/mol. The van der Waals surface area contributed by atoms with Crippen molar-refractivity contribution in [2.24, 2.45) is 5.92 Å². The van der Waals surface area contributed by atoms with Gasteiger partial charge < -0.3 is 10.1 Å². The van der Waals surface area contributed by atoms with Crippen LogP contribution < -0.4 is 10.1 Å². The van der Waals surface area contributed by atoms with Crippen LogP contribution in [0, 0.1) is 5.92 Å². The normalized spacial score (nSPS) is 17.8. The highest BCUT2D eigenvalue weighted by atomic mass is 16.5. The molecule has 1 aliphatic rings. The van der Waals surface area contributed by atoms with Crippen molar-refractivity contribution in [2.75, 3.05) is 7.11 Å². The predicted octanol–water partition coefficient (Wildman–Crippen LogP) is 3.45. The Morgan fingerprint density at radius 3 is 2.63 bits per heavy atom. The Morgan fingerprint density at radius 1 is 1.26 bits per heavy atom. The molecule has 1 fully saturated rings. The number of methoxy groups -OCH3 is 1. The maximum atomic E-state index is 12.2. The van der Waals surface area contributed by atoms with Gasteiger partial charge >= 0.3 is 0 Å². The minimum absolute atomic E-state index is 0.00873. The molecule has 0 radical (unpaired) electrons. The van der Waals surface area contributed by atoms with E-state index in [1.54, 1.807) is 7.11 Å². The molecule has 0 bridgehead atoms. The number of amides is 1. The lowest BCUT2D eigenvalue weighted by Crippen LogP contribution is -2.33. The molecule has 3 nitrogen and oxygen atoms in total. The van der Waals surface area contributed by atoms with Gasteiger partial charge in [0.1, 0.15) is 5.75 Å². The van der Waals surface area contributed by atoms with Crippen LogP contribution in [0.4, 0.5) is 0 Å². The zero-order valence-electron chi connectivity index (χ0n) is 11.8. The summed E-state index contributed by atoms with van der Waals surface area (Å²) < 4.78 is 5.34. The summed E-state index contributed by atoms with van der Waals surface area (Å²) in [7, 11) is 1.66. The monoisotopic (exact) mass is 261 g/mol. The Morgan fingerprint density at radius 2 is 1.95 bits per heavy atom. The molecule has 1 aromatic carbocycles. The number of benzene rings is 1. The Kier molecular flexibility index (Phi) is 4.83. The highest BCUT2D eigenvalue weighted by Crippen LogP contribution is 2.27. The summed E-state index contributed by atoms with van der Waals surface area (Å²) in [5, 5.41) is 3.12. The van der Waals surface area contributed by atoms with Crippen LogP contribution >= 0.6 is 0 Å². The van der Waals surface area contributed by atoms with E-state index in [0.717, 1.165) is 24.2 Å². The number of nitrogens with one attached hydrogen (secondary N) is 1. The van der Waals surface area contributed by atoms with Gasteiger partial charge in [0, 0.05) is 11.5 Å². The highest BCUT2D eigenvalue weighted by molar-refractivity contribution is 5.79. The maximum Gasteiger partial charge on any atom is 0.223 e. The predicted molar refractivity (Wildman–Crippen MR) is 76.1 cm³/mol. The van der Waals surface area contributed by atoms with E-state index in [1.807, 2.05) is 31.2 Å². The van der Waals surface area contributed by atoms with E-state index in [-0.39, 0.29) is 17.9 Å². The fourth-order valence-electron chi connectivity index (χ4n) is 2.80. The lowest BCUT2D eigenvalue weighted by atomic mass is 9.88. The zero-order valence-corrected chi connectivity index (χ0v) is 11.8. The second-order valence-corrected chi connectivity index (χ2v) is 5.31. The van der Waals surface area contributed by atoms with Gasteiger partial charge in [0.25, 0.3) is 0 Å². The van der Waals surface area contributed by atoms with Crippen molar-refractivity contribution in [1.29, 1.82) is 0 Å². The number of para-hydroxylation sites is 1. The van der Waals surface area contributed by atoms with E-state index in [0.29, 0.717) is 0 Å². The summed E-state index contributed by atoms with van der Waals surface area (Å²) in [4.78, 5) is 12.2. The van der Waals surface area contributed by atoms with Crippen molar-refractivity contribution in [2.45, 2.75) is 45.1 Å². The third-order valence-corrected chi connectivity index (χ3v) is 3.94. The molecule has 1 aliphatic carbocycles. The Bertz CT molecular complexity index is 425. The van der Waals surface area contributed by atoms with Gasteiger partial charge in [-0.15, -0.1) is 0 Å². The van der Waals surface area contributed by atoms with E-state index in [2.05, 4.69) is 5.32 Å². The van der Waals surface area contributed by atoms with Gasteiger partial charge in [0.2, 0.25) is 5.91 Å². The van der Waals surface area contributed by atoms with Gasteiger partial charge in [-0.25, -0.2) is 0 Å². The first kappa shape index (κ1) is 13.9. The molecule has 0 aromatic heterocycles. The van der Waals surface area contributed by atoms with Crippen molar-refractivity contribution in [3.05, 3.63) is 29.8 Å². The molecule has 0 spiro atoms. The molecule has 1 amide bonds. The average Bonchev–Trinajstić information content (AvgIpc) is 2.48. The number of carbonyl (C=O) groups is 1. The summed E-state index contributed by atoms with van der Waals surface area (Å²) in [6.45, 7) is 2.01. The van der Waals surface area contributed by atoms with Crippen LogP contribution in [-0.4, -0.2) is 13.0 Å². The first-order valence-corrected chi connectivity index (χ1v) is 7.15. The van der Waals surface area contributed by atoms with Gasteiger partial charge in [-0.05, 0) is 25.8 Å². The van der Waals surface area contributed by atoms with Gasteiger partial charge in [-0.3, -0.25) is 4.79 Å². The maximum absolute atomic E-state index is 12.2. The molecule has 0 saturated heterocycles. The third kappa shape index (κ3) is 3.49. The molecule has 0 unspecified atom stereocenters. The minimum Gasteiger partial charge on any atom is -0.496 e. The molecule has 0 aliphatic heterocycles. The lowest BCUT2D eigenvalue weighted by molar-refractivity contribution is -0.126. The number of ether oxygens (including phenoxy) is 1. The van der Waals surface area contributed by atoms with Gasteiger partial charge in [0.05, 0.1) is 13.2 Å². The molecule has 19 heavy (non-hydrogen) atoms. The molecule has 0 heterocycles. The molecule has 1 saturated carbocycles. The highest BCUT2D eigenvalue weighted by Gasteiger charge is 2.23. The summed E-state index contributed by atoms with van der Waals surface area (Å²) in [6.07, 6.45) is 5.70. The first-order chi connectivity index (χ1) is 9.22. The molecule has 1 N–H and O–H groups in total. The number of carbonyl (C=O) groups excluding carboxylic acids is 1. The van der Waals surface area contributed by atoms with Gasteiger partial charge in [-0.2, -0.15) is 0 Å². The molecule has 104 valence electrons. The summed E-state index contributed by atoms with van der Waals surface area (Å²) in [5.74, 6) is 1.22. The number of rotatable bonds is 4. The summed E-state index contributed by atoms with van der Waals surface area (Å²) in [5.41, 5.74) is 1.04. The number of hydrogen-bond donors (Lipinski definition) is 1. The smallest absolute Gasteiger partial charge is 0.223 e. The first-order valence-electron chi connectivity index (χ1n) is 7.15. The SMILES string of the molecule is COc1ccccc1[C@@H](C)NC(=O)C1CCCCC1. The minimum atomic E-state index is -0.00873. The van der Waals surface area contributed by atoms with Crippen LogP contribution in [0.15, 0.2) is 24.3 Å². The van der Waals surface area contributed by atoms with Crippen LogP contribution in [0.25, 0.3) is 0 Å². The standard InChI is InChI=1S/C16H23NO2/c1-12(14-10-6-7-11-15(14)19-2)17-16(18)13-8-4-3-5-9-13/h6-7,10-13H,3-5,8-9H2,1-2H3,(H,17,18)/t12-/m1/s1. The summed E-state index contributed by atoms with van der Waals surface area (Å²) in [6, 6.07) is 7.84. The van der Waals surface area contributed by atoms with Crippen LogP contribution in [0.1, 0.15) is 50.6 Å². The largest absolute Gasteiger partial charge is 0.496 e. The van der Waals surface area contributed by atoms with Crippen LogP contribution in [0.2, 0.25) is 0 Å². The molecular formula is C16H23NO2.